The van der Waals surface area contributed by atoms with Crippen LogP contribution in [0.15, 0.2) is 47.3 Å². The number of carbonyl (C=O) groups excluding carboxylic acids is 1. The van der Waals surface area contributed by atoms with Crippen LogP contribution in [0.1, 0.15) is 86.9 Å². The molecule has 9 heteroatoms. The lowest BCUT2D eigenvalue weighted by Crippen LogP contribution is -2.38. The maximum absolute atomic E-state index is 13.3. The number of ether oxygens (including phenoxy) is 2. The number of nitrogens with one attached hydrogen (secondary N) is 1. The SMILES string of the molecule is CCCn1c(C(Cc2ccc(C(C)(C)C)cc2)OC(=O)c2ccc(OC(C)(C)C(=O)O)c(C)c2)n[nH]c1=O. The highest BCUT2D eigenvalue weighted by Gasteiger charge is 2.30. The first-order valence-electron chi connectivity index (χ1n) is 12.7. The first-order valence-corrected chi connectivity index (χ1v) is 12.7. The van der Waals surface area contributed by atoms with E-state index in [1.54, 1.807) is 19.1 Å². The van der Waals surface area contributed by atoms with E-state index < -0.39 is 23.6 Å². The molecule has 1 heterocycles. The molecule has 9 nitrogen and oxygen atoms in total. The average molecular weight is 524 g/mol. The highest BCUT2D eigenvalue weighted by Crippen LogP contribution is 2.28. The normalized spacial score (nSPS) is 12.7. The Bertz CT molecular complexity index is 1350. The number of carboxylic acids is 1. The van der Waals surface area contributed by atoms with Crippen molar-refractivity contribution in [2.45, 2.75) is 85.0 Å². The third-order valence-electron chi connectivity index (χ3n) is 6.30. The van der Waals surface area contributed by atoms with Crippen molar-refractivity contribution in [1.29, 1.82) is 0 Å². The van der Waals surface area contributed by atoms with Crippen molar-refractivity contribution >= 4 is 11.9 Å². The van der Waals surface area contributed by atoms with Gasteiger partial charge in [0.15, 0.2) is 17.5 Å². The van der Waals surface area contributed by atoms with Crippen LogP contribution in [-0.4, -0.2) is 37.4 Å². The van der Waals surface area contributed by atoms with Gasteiger partial charge in [-0.3, -0.25) is 4.57 Å². The predicted octanol–water partition coefficient (Wildman–Crippen LogP) is 4.97. The summed E-state index contributed by atoms with van der Waals surface area (Å²) in [6.45, 7) is 13.4. The van der Waals surface area contributed by atoms with Gasteiger partial charge in [-0.05, 0) is 67.5 Å². The van der Waals surface area contributed by atoms with E-state index in [9.17, 15) is 19.5 Å². The summed E-state index contributed by atoms with van der Waals surface area (Å²) in [5.74, 6) is -0.985. The number of aromatic nitrogens is 3. The maximum Gasteiger partial charge on any atom is 0.347 e. The fourth-order valence-electron chi connectivity index (χ4n) is 3.96. The molecule has 0 aliphatic heterocycles. The lowest BCUT2D eigenvalue weighted by molar-refractivity contribution is -0.152. The van der Waals surface area contributed by atoms with Crippen LogP contribution in [0.25, 0.3) is 0 Å². The molecule has 38 heavy (non-hydrogen) atoms. The Morgan fingerprint density at radius 1 is 1.08 bits per heavy atom. The molecule has 2 N–H and O–H groups in total. The van der Waals surface area contributed by atoms with Crippen molar-refractivity contribution in [3.63, 3.8) is 0 Å². The summed E-state index contributed by atoms with van der Waals surface area (Å²) in [7, 11) is 0. The quantitative estimate of drug-likeness (QED) is 0.360. The van der Waals surface area contributed by atoms with E-state index in [-0.39, 0.29) is 16.7 Å². The Balaban J connectivity index is 1.90. The van der Waals surface area contributed by atoms with Gasteiger partial charge in [-0.25, -0.2) is 19.5 Å². The molecule has 0 aliphatic rings. The van der Waals surface area contributed by atoms with Crippen LogP contribution in [0, 0.1) is 6.92 Å². The van der Waals surface area contributed by atoms with Gasteiger partial charge < -0.3 is 14.6 Å². The Morgan fingerprint density at radius 2 is 1.74 bits per heavy atom. The molecule has 0 saturated heterocycles. The first-order chi connectivity index (χ1) is 17.7. The van der Waals surface area contributed by atoms with Crippen LogP contribution in [0.2, 0.25) is 0 Å². The van der Waals surface area contributed by atoms with Gasteiger partial charge in [-0.2, -0.15) is 5.10 Å². The number of aryl methyl sites for hydroxylation is 1. The Labute approximate surface area is 222 Å². The van der Waals surface area contributed by atoms with Crippen molar-refractivity contribution in [3.05, 3.63) is 81.0 Å². The summed E-state index contributed by atoms with van der Waals surface area (Å²) in [6.07, 6.45) is 0.230. The Hall–Kier alpha value is -3.88. The second kappa shape index (κ2) is 11.2. The van der Waals surface area contributed by atoms with Crippen molar-refractivity contribution < 1.29 is 24.2 Å². The molecule has 0 radical (unpaired) electrons. The minimum Gasteiger partial charge on any atom is -0.478 e. The van der Waals surface area contributed by atoms with E-state index >= 15 is 0 Å². The number of rotatable bonds is 10. The van der Waals surface area contributed by atoms with Crippen molar-refractivity contribution in [3.8, 4) is 5.75 Å². The minimum absolute atomic E-state index is 0.00160. The lowest BCUT2D eigenvalue weighted by Gasteiger charge is -2.23. The zero-order chi connectivity index (χ0) is 28.3. The van der Waals surface area contributed by atoms with Crippen LogP contribution in [0.3, 0.4) is 0 Å². The van der Waals surface area contributed by atoms with Gasteiger partial charge in [-0.1, -0.05) is 52.0 Å². The molecule has 1 unspecified atom stereocenters. The highest BCUT2D eigenvalue weighted by atomic mass is 16.5. The second-order valence-electron chi connectivity index (χ2n) is 11.0. The second-order valence-corrected chi connectivity index (χ2v) is 11.0. The molecule has 204 valence electrons. The van der Waals surface area contributed by atoms with Crippen LogP contribution >= 0.6 is 0 Å². The predicted molar refractivity (Wildman–Crippen MR) is 144 cm³/mol. The first kappa shape index (κ1) is 28.7. The zero-order valence-electron chi connectivity index (χ0n) is 23.1. The molecule has 2 aromatic carbocycles. The van der Waals surface area contributed by atoms with E-state index in [2.05, 4.69) is 43.1 Å². The minimum atomic E-state index is -1.43. The molecule has 1 aromatic heterocycles. The van der Waals surface area contributed by atoms with Crippen molar-refractivity contribution in [2.24, 2.45) is 0 Å². The Kier molecular flexibility index (Phi) is 8.49. The molecule has 0 saturated carbocycles. The van der Waals surface area contributed by atoms with E-state index in [0.717, 1.165) is 5.56 Å². The summed E-state index contributed by atoms with van der Waals surface area (Å²) in [5, 5.41) is 16.0. The molecule has 3 rings (SSSR count). The van der Waals surface area contributed by atoms with E-state index in [1.165, 1.54) is 30.0 Å². The molecular weight excluding hydrogens is 486 g/mol. The van der Waals surface area contributed by atoms with Crippen LogP contribution in [0.4, 0.5) is 0 Å². The summed E-state index contributed by atoms with van der Waals surface area (Å²) >= 11 is 0. The van der Waals surface area contributed by atoms with Crippen LogP contribution in [-0.2, 0) is 27.9 Å². The van der Waals surface area contributed by atoms with Gasteiger partial charge in [0.1, 0.15) is 5.75 Å². The molecule has 0 spiro atoms. The molecule has 0 aliphatic carbocycles. The molecule has 0 amide bonds. The molecule has 1 atom stereocenters. The van der Waals surface area contributed by atoms with Crippen LogP contribution < -0.4 is 10.4 Å². The number of hydrogen-bond donors (Lipinski definition) is 2. The smallest absolute Gasteiger partial charge is 0.347 e. The van der Waals surface area contributed by atoms with Gasteiger partial charge >= 0.3 is 17.6 Å². The van der Waals surface area contributed by atoms with Crippen molar-refractivity contribution in [2.75, 3.05) is 0 Å². The summed E-state index contributed by atoms with van der Waals surface area (Å²) in [6, 6.07) is 12.8. The largest absolute Gasteiger partial charge is 0.478 e. The van der Waals surface area contributed by atoms with Crippen molar-refractivity contribution in [1.82, 2.24) is 14.8 Å². The number of benzene rings is 2. The monoisotopic (exact) mass is 523 g/mol. The van der Waals surface area contributed by atoms with Gasteiger partial charge in [0.25, 0.3) is 0 Å². The number of aromatic amines is 1. The Morgan fingerprint density at radius 3 is 2.29 bits per heavy atom. The third kappa shape index (κ3) is 6.70. The number of carboxylic acid groups (broad SMARTS) is 1. The summed E-state index contributed by atoms with van der Waals surface area (Å²) in [5.41, 5.74) is 1.20. The molecular formula is C29H37N3O6. The van der Waals surface area contributed by atoms with Crippen LogP contribution in [0.5, 0.6) is 5.75 Å². The standard InChI is InChI=1S/C29H37N3O6/c1-8-15-32-24(30-31-27(32)36)23(17-19-9-12-21(13-10-19)28(3,4)5)37-25(33)20-11-14-22(18(2)16-20)38-29(6,7)26(34)35/h9-14,16,23H,8,15,17H2,1-7H3,(H,31,36)(H,34,35). The average Bonchev–Trinajstić information content (AvgIpc) is 3.19. The van der Waals surface area contributed by atoms with Gasteiger partial charge in [-0.15, -0.1) is 0 Å². The third-order valence-corrected chi connectivity index (χ3v) is 6.30. The van der Waals surface area contributed by atoms with Gasteiger partial charge in [0.2, 0.25) is 0 Å². The zero-order valence-corrected chi connectivity index (χ0v) is 23.1. The molecule has 3 aromatic rings. The number of esters is 1. The van der Waals surface area contributed by atoms with E-state index in [0.29, 0.717) is 36.5 Å². The summed E-state index contributed by atoms with van der Waals surface area (Å²) in [4.78, 5) is 37.1. The lowest BCUT2D eigenvalue weighted by atomic mass is 9.86. The summed E-state index contributed by atoms with van der Waals surface area (Å²) < 4.78 is 13.1. The van der Waals surface area contributed by atoms with E-state index in [1.807, 2.05) is 19.1 Å². The fourth-order valence-corrected chi connectivity index (χ4v) is 3.96. The number of hydrogen-bond acceptors (Lipinski definition) is 6. The topological polar surface area (TPSA) is 124 Å². The number of nitrogens with zero attached hydrogens (tertiary/aromatic N) is 2. The molecule has 0 fully saturated rings. The maximum atomic E-state index is 13.3. The highest BCUT2D eigenvalue weighted by molar-refractivity contribution is 5.90. The van der Waals surface area contributed by atoms with Gasteiger partial charge in [0, 0.05) is 13.0 Å². The number of carbonyl (C=O) groups is 2. The molecule has 0 bridgehead atoms. The number of aliphatic carboxylic acids is 1. The van der Waals surface area contributed by atoms with Gasteiger partial charge in [0.05, 0.1) is 5.56 Å². The van der Waals surface area contributed by atoms with E-state index in [4.69, 9.17) is 9.47 Å². The number of H-pyrrole nitrogens is 1. The fraction of sp³-hybridized carbons (Fsp3) is 0.448.